The zero-order valence-electron chi connectivity index (χ0n) is 14.0. The Bertz CT molecular complexity index is 801. The molecule has 0 bridgehead atoms. The Morgan fingerprint density at radius 3 is 2.42 bits per heavy atom. The Morgan fingerprint density at radius 2 is 1.83 bits per heavy atom. The number of aryl methyl sites for hydroxylation is 2. The fourth-order valence-electron chi connectivity index (χ4n) is 2.31. The highest BCUT2D eigenvalue weighted by Gasteiger charge is 2.16. The van der Waals surface area contributed by atoms with Gasteiger partial charge >= 0.3 is 0 Å². The highest BCUT2D eigenvalue weighted by molar-refractivity contribution is 7.11. The molecule has 0 unspecified atom stereocenters. The van der Waals surface area contributed by atoms with Crippen molar-refractivity contribution in [3.8, 4) is 22.9 Å². The van der Waals surface area contributed by atoms with Crippen LogP contribution in [0.1, 0.15) is 15.6 Å². The molecule has 3 aromatic rings. The number of thiazole rings is 1. The van der Waals surface area contributed by atoms with Crippen molar-refractivity contribution in [3.05, 3.63) is 33.8 Å². The van der Waals surface area contributed by atoms with Crippen LogP contribution in [0.2, 0.25) is 0 Å². The summed E-state index contributed by atoms with van der Waals surface area (Å²) >= 11 is 1.67. The van der Waals surface area contributed by atoms with Crippen LogP contribution in [0.15, 0.2) is 18.2 Å². The molecule has 0 aliphatic rings. The summed E-state index contributed by atoms with van der Waals surface area (Å²) < 4.78 is 10.8. The van der Waals surface area contributed by atoms with Crippen LogP contribution in [0.3, 0.4) is 0 Å². The molecule has 0 atom stereocenters. The van der Waals surface area contributed by atoms with Crippen LogP contribution in [0.25, 0.3) is 11.4 Å². The molecule has 0 spiro atoms. The van der Waals surface area contributed by atoms with Crippen molar-refractivity contribution in [3.63, 3.8) is 0 Å². The molecule has 2 heterocycles. The number of anilines is 1. The lowest BCUT2D eigenvalue weighted by Crippen LogP contribution is -2.00. The second-order valence-corrected chi connectivity index (χ2v) is 6.44. The van der Waals surface area contributed by atoms with Crippen molar-refractivity contribution in [1.29, 1.82) is 0 Å². The molecule has 7 nitrogen and oxygen atoms in total. The SMILES string of the molecule is COc1cccc(OC)c1-c1nc(NCc2nc(C)c(C)s2)n[nH]1. The normalized spacial score (nSPS) is 10.7. The number of hydrogen-bond donors (Lipinski definition) is 2. The van der Waals surface area contributed by atoms with Gasteiger partial charge in [-0.1, -0.05) is 6.07 Å². The van der Waals surface area contributed by atoms with Gasteiger partial charge in [-0.2, -0.15) is 4.98 Å². The van der Waals surface area contributed by atoms with Crippen LogP contribution >= 0.6 is 11.3 Å². The van der Waals surface area contributed by atoms with Crippen LogP contribution in [-0.2, 0) is 6.54 Å². The van der Waals surface area contributed by atoms with Gasteiger partial charge in [0.15, 0.2) is 5.82 Å². The van der Waals surface area contributed by atoms with E-state index in [1.807, 2.05) is 25.1 Å². The van der Waals surface area contributed by atoms with E-state index in [1.165, 1.54) is 4.88 Å². The molecule has 3 rings (SSSR count). The number of nitrogens with one attached hydrogen (secondary N) is 2. The maximum absolute atomic E-state index is 5.40. The van der Waals surface area contributed by atoms with Crippen molar-refractivity contribution in [2.24, 2.45) is 0 Å². The van der Waals surface area contributed by atoms with E-state index in [2.05, 4.69) is 32.4 Å². The molecule has 0 fully saturated rings. The van der Waals surface area contributed by atoms with E-state index >= 15 is 0 Å². The van der Waals surface area contributed by atoms with Gasteiger partial charge in [0.05, 0.1) is 26.5 Å². The summed E-state index contributed by atoms with van der Waals surface area (Å²) in [5.41, 5.74) is 1.80. The Hall–Kier alpha value is -2.61. The first-order valence-corrected chi connectivity index (χ1v) is 8.24. The summed E-state index contributed by atoms with van der Waals surface area (Å²) in [5.74, 6) is 2.42. The van der Waals surface area contributed by atoms with Crippen LogP contribution in [0.4, 0.5) is 5.95 Å². The number of ether oxygens (including phenoxy) is 2. The van der Waals surface area contributed by atoms with Gasteiger partial charge in [0, 0.05) is 4.88 Å². The van der Waals surface area contributed by atoms with E-state index < -0.39 is 0 Å². The first-order chi connectivity index (χ1) is 11.6. The summed E-state index contributed by atoms with van der Waals surface area (Å²) in [6, 6.07) is 5.58. The van der Waals surface area contributed by atoms with Gasteiger partial charge in [-0.05, 0) is 26.0 Å². The summed E-state index contributed by atoms with van der Waals surface area (Å²) in [5, 5.41) is 11.3. The molecule has 2 N–H and O–H groups in total. The summed E-state index contributed by atoms with van der Waals surface area (Å²) in [6.07, 6.45) is 0. The molecule has 2 aromatic heterocycles. The van der Waals surface area contributed by atoms with Crippen LogP contribution in [0.5, 0.6) is 11.5 Å². The third kappa shape index (κ3) is 3.18. The average molecular weight is 345 g/mol. The molecule has 0 aliphatic carbocycles. The zero-order valence-corrected chi connectivity index (χ0v) is 14.8. The number of hydrogen-bond acceptors (Lipinski definition) is 7. The van der Waals surface area contributed by atoms with Crippen molar-refractivity contribution in [2.75, 3.05) is 19.5 Å². The van der Waals surface area contributed by atoms with E-state index in [-0.39, 0.29) is 0 Å². The van der Waals surface area contributed by atoms with Crippen molar-refractivity contribution >= 4 is 17.3 Å². The summed E-state index contributed by atoms with van der Waals surface area (Å²) in [7, 11) is 3.22. The van der Waals surface area contributed by atoms with Crippen molar-refractivity contribution < 1.29 is 9.47 Å². The first-order valence-electron chi connectivity index (χ1n) is 7.43. The Labute approximate surface area is 144 Å². The average Bonchev–Trinajstić information content (AvgIpc) is 3.19. The van der Waals surface area contributed by atoms with Crippen LogP contribution in [0, 0.1) is 13.8 Å². The van der Waals surface area contributed by atoms with Gasteiger partial charge in [-0.3, -0.25) is 5.10 Å². The molecule has 126 valence electrons. The minimum atomic E-state index is 0.503. The van der Waals surface area contributed by atoms with Gasteiger partial charge in [0.1, 0.15) is 22.1 Å². The van der Waals surface area contributed by atoms with Gasteiger partial charge in [-0.15, -0.1) is 16.4 Å². The fraction of sp³-hybridized carbons (Fsp3) is 0.312. The standard InChI is InChI=1S/C16H19N5O2S/c1-9-10(2)24-13(18-9)8-17-16-19-15(20-21-16)14-11(22-3)6-5-7-12(14)23-4/h5-7H,8H2,1-4H3,(H2,17,19,20,21). The number of methoxy groups -OCH3 is 2. The Morgan fingerprint density at radius 1 is 1.12 bits per heavy atom. The highest BCUT2D eigenvalue weighted by Crippen LogP contribution is 2.36. The van der Waals surface area contributed by atoms with E-state index in [4.69, 9.17) is 9.47 Å². The maximum atomic E-state index is 5.40. The Kier molecular flexibility index (Phi) is 4.66. The fourth-order valence-corrected chi connectivity index (χ4v) is 3.18. The third-order valence-electron chi connectivity index (χ3n) is 3.62. The second kappa shape index (κ2) is 6.88. The number of aromatic amines is 1. The lowest BCUT2D eigenvalue weighted by atomic mass is 10.1. The van der Waals surface area contributed by atoms with Crippen LogP contribution in [-0.4, -0.2) is 34.4 Å². The third-order valence-corrected chi connectivity index (χ3v) is 4.69. The molecule has 24 heavy (non-hydrogen) atoms. The van der Waals surface area contributed by atoms with Gasteiger partial charge in [0.25, 0.3) is 0 Å². The monoisotopic (exact) mass is 345 g/mol. The number of nitrogens with zero attached hydrogens (tertiary/aromatic N) is 3. The number of H-pyrrole nitrogens is 1. The first kappa shape index (κ1) is 16.3. The van der Waals surface area contributed by atoms with E-state index in [9.17, 15) is 0 Å². The molecule has 0 amide bonds. The Balaban J connectivity index is 1.81. The zero-order chi connectivity index (χ0) is 17.1. The molecule has 0 radical (unpaired) electrons. The molecule has 0 saturated heterocycles. The number of aromatic nitrogens is 4. The quantitative estimate of drug-likeness (QED) is 0.714. The minimum Gasteiger partial charge on any atom is -0.496 e. The molecule has 1 aromatic carbocycles. The highest BCUT2D eigenvalue weighted by atomic mass is 32.1. The van der Waals surface area contributed by atoms with Gasteiger partial charge in [0.2, 0.25) is 5.95 Å². The molecule has 8 heteroatoms. The van der Waals surface area contributed by atoms with Crippen LogP contribution < -0.4 is 14.8 Å². The second-order valence-electron chi connectivity index (χ2n) is 5.15. The lowest BCUT2D eigenvalue weighted by molar-refractivity contribution is 0.397. The lowest BCUT2D eigenvalue weighted by Gasteiger charge is -2.10. The maximum Gasteiger partial charge on any atom is 0.242 e. The number of benzene rings is 1. The topological polar surface area (TPSA) is 84.9 Å². The molecule has 0 saturated carbocycles. The predicted octanol–water partition coefficient (Wildman–Crippen LogP) is 3.17. The summed E-state index contributed by atoms with van der Waals surface area (Å²) in [6.45, 7) is 4.66. The van der Waals surface area contributed by atoms with Crippen molar-refractivity contribution in [2.45, 2.75) is 20.4 Å². The molecular formula is C16H19N5O2S. The number of rotatable bonds is 6. The van der Waals surface area contributed by atoms with Crippen molar-refractivity contribution in [1.82, 2.24) is 20.2 Å². The van der Waals surface area contributed by atoms with Gasteiger partial charge < -0.3 is 14.8 Å². The van der Waals surface area contributed by atoms with E-state index in [1.54, 1.807) is 25.6 Å². The molecule has 0 aliphatic heterocycles. The predicted molar refractivity (Wildman–Crippen MR) is 93.8 cm³/mol. The summed E-state index contributed by atoms with van der Waals surface area (Å²) in [4.78, 5) is 10.2. The van der Waals surface area contributed by atoms with Gasteiger partial charge in [-0.25, -0.2) is 4.98 Å². The van der Waals surface area contributed by atoms with E-state index in [0.29, 0.717) is 29.8 Å². The smallest absolute Gasteiger partial charge is 0.242 e. The minimum absolute atomic E-state index is 0.503. The van der Waals surface area contributed by atoms with E-state index in [0.717, 1.165) is 16.3 Å². The largest absolute Gasteiger partial charge is 0.496 e. The molecular weight excluding hydrogens is 326 g/mol.